The highest BCUT2D eigenvalue weighted by Crippen LogP contribution is 2.15. The fraction of sp³-hybridized carbons (Fsp3) is 0.933. The number of hydrogen-bond donors (Lipinski definition) is 2. The van der Waals surface area contributed by atoms with Crippen LogP contribution in [0.4, 0.5) is 0 Å². The number of nitrogens with two attached hydrogens (primary N) is 1. The summed E-state index contributed by atoms with van der Waals surface area (Å²) in [7, 11) is 0. The van der Waals surface area contributed by atoms with Gasteiger partial charge in [-0.2, -0.15) is 0 Å². The van der Waals surface area contributed by atoms with E-state index in [1.54, 1.807) is 0 Å². The van der Waals surface area contributed by atoms with Crippen molar-refractivity contribution >= 4 is 5.97 Å². The van der Waals surface area contributed by atoms with Crippen LogP contribution in [0.1, 0.15) is 79.6 Å². The molecule has 0 aromatic rings. The van der Waals surface area contributed by atoms with E-state index in [-0.39, 0.29) is 5.54 Å². The van der Waals surface area contributed by atoms with Crippen molar-refractivity contribution in [3.05, 3.63) is 0 Å². The van der Waals surface area contributed by atoms with Gasteiger partial charge in [0.25, 0.3) is 0 Å². The van der Waals surface area contributed by atoms with Crippen LogP contribution in [0, 0.1) is 5.92 Å². The molecule has 110 valence electrons. The van der Waals surface area contributed by atoms with E-state index in [9.17, 15) is 4.79 Å². The first kappa shape index (κ1) is 19.8. The molecule has 18 heavy (non-hydrogen) atoms. The molecule has 0 saturated carbocycles. The predicted octanol–water partition coefficient (Wildman–Crippen LogP) is 4.20. The highest BCUT2D eigenvalue weighted by Gasteiger charge is 2.17. The largest absolute Gasteiger partial charge is 0.481 e. The fourth-order valence-corrected chi connectivity index (χ4v) is 1.41. The molecule has 0 aliphatic rings. The molecule has 0 amide bonds. The van der Waals surface area contributed by atoms with Gasteiger partial charge in [0, 0.05) is 12.0 Å². The SMILES string of the molecule is CCC(C)C(C)(C)N.CCCCCCCC(=O)O. The van der Waals surface area contributed by atoms with Gasteiger partial charge in [-0.15, -0.1) is 0 Å². The molecule has 0 saturated heterocycles. The second-order valence-corrected chi connectivity index (χ2v) is 5.69. The van der Waals surface area contributed by atoms with E-state index in [4.69, 9.17) is 10.8 Å². The first-order chi connectivity index (χ1) is 8.25. The smallest absolute Gasteiger partial charge is 0.303 e. The van der Waals surface area contributed by atoms with Crippen molar-refractivity contribution in [3.8, 4) is 0 Å². The second-order valence-electron chi connectivity index (χ2n) is 5.69. The van der Waals surface area contributed by atoms with E-state index in [0.29, 0.717) is 12.3 Å². The molecule has 0 radical (unpaired) electrons. The van der Waals surface area contributed by atoms with Gasteiger partial charge in [0.05, 0.1) is 0 Å². The van der Waals surface area contributed by atoms with E-state index in [1.807, 2.05) is 0 Å². The van der Waals surface area contributed by atoms with Crippen molar-refractivity contribution in [3.63, 3.8) is 0 Å². The van der Waals surface area contributed by atoms with Crippen molar-refractivity contribution in [1.29, 1.82) is 0 Å². The Kier molecular flexibility index (Phi) is 12.6. The lowest BCUT2D eigenvalue weighted by Crippen LogP contribution is -2.38. The van der Waals surface area contributed by atoms with Gasteiger partial charge in [-0.1, -0.05) is 52.9 Å². The van der Waals surface area contributed by atoms with Crippen LogP contribution in [0.3, 0.4) is 0 Å². The van der Waals surface area contributed by atoms with E-state index >= 15 is 0 Å². The molecule has 0 heterocycles. The molecule has 0 bridgehead atoms. The van der Waals surface area contributed by atoms with Crippen LogP contribution in [-0.2, 0) is 4.79 Å². The van der Waals surface area contributed by atoms with E-state index < -0.39 is 5.97 Å². The van der Waals surface area contributed by atoms with Crippen LogP contribution in [0.5, 0.6) is 0 Å². The maximum atomic E-state index is 10.0. The molecule has 3 nitrogen and oxygen atoms in total. The summed E-state index contributed by atoms with van der Waals surface area (Å²) in [6, 6.07) is 0. The Morgan fingerprint density at radius 1 is 1.17 bits per heavy atom. The van der Waals surface area contributed by atoms with Gasteiger partial charge in [-0.25, -0.2) is 0 Å². The molecule has 0 spiro atoms. The van der Waals surface area contributed by atoms with Crippen LogP contribution in [0.25, 0.3) is 0 Å². The third-order valence-electron chi connectivity index (χ3n) is 3.38. The summed E-state index contributed by atoms with van der Waals surface area (Å²) in [6.07, 6.45) is 7.05. The number of rotatable bonds is 8. The van der Waals surface area contributed by atoms with Crippen molar-refractivity contribution < 1.29 is 9.90 Å². The first-order valence-electron chi connectivity index (χ1n) is 7.26. The lowest BCUT2D eigenvalue weighted by atomic mass is 9.88. The molecular weight excluding hydrogens is 226 g/mol. The Morgan fingerprint density at radius 3 is 1.94 bits per heavy atom. The van der Waals surface area contributed by atoms with E-state index in [0.717, 1.165) is 12.8 Å². The zero-order valence-corrected chi connectivity index (χ0v) is 13.0. The van der Waals surface area contributed by atoms with Crippen molar-refractivity contribution in [2.45, 2.75) is 85.1 Å². The number of carboxylic acid groups (broad SMARTS) is 1. The van der Waals surface area contributed by atoms with Crippen molar-refractivity contribution in [1.82, 2.24) is 0 Å². The summed E-state index contributed by atoms with van der Waals surface area (Å²) >= 11 is 0. The zero-order chi connectivity index (χ0) is 14.6. The van der Waals surface area contributed by atoms with Crippen LogP contribution < -0.4 is 5.73 Å². The Balaban J connectivity index is 0. The number of aliphatic carboxylic acids is 1. The average Bonchev–Trinajstić information content (AvgIpc) is 2.27. The summed E-state index contributed by atoms with van der Waals surface area (Å²) < 4.78 is 0. The summed E-state index contributed by atoms with van der Waals surface area (Å²) in [5.41, 5.74) is 5.80. The molecule has 0 aliphatic heterocycles. The number of unbranched alkanes of at least 4 members (excludes halogenated alkanes) is 4. The first-order valence-corrected chi connectivity index (χ1v) is 7.26. The molecular formula is C15H33NO2. The predicted molar refractivity (Wildman–Crippen MR) is 78.7 cm³/mol. The molecule has 3 N–H and O–H groups in total. The normalized spacial score (nSPS) is 12.6. The zero-order valence-electron chi connectivity index (χ0n) is 13.0. The quantitative estimate of drug-likeness (QED) is 0.642. The minimum Gasteiger partial charge on any atom is -0.481 e. The minimum absolute atomic E-state index is 0.00868. The Morgan fingerprint density at radius 2 is 1.67 bits per heavy atom. The summed E-state index contributed by atoms with van der Waals surface area (Å²) in [4.78, 5) is 10.0. The standard InChI is InChI=1S/C8H16O2.C7H17N/c1-2-3-4-5-6-7-8(9)10;1-5-6(2)7(3,4)8/h2-7H2,1H3,(H,9,10);6H,5,8H2,1-4H3. The fourth-order valence-electron chi connectivity index (χ4n) is 1.41. The highest BCUT2D eigenvalue weighted by molar-refractivity contribution is 5.66. The maximum absolute atomic E-state index is 10.0. The third kappa shape index (κ3) is 15.4. The maximum Gasteiger partial charge on any atom is 0.303 e. The van der Waals surface area contributed by atoms with E-state index in [1.165, 1.54) is 25.7 Å². The Bertz CT molecular complexity index is 197. The molecule has 0 fully saturated rings. The van der Waals surface area contributed by atoms with Gasteiger partial charge in [-0.05, 0) is 26.2 Å². The van der Waals surface area contributed by atoms with Gasteiger partial charge in [0.15, 0.2) is 0 Å². The van der Waals surface area contributed by atoms with Crippen molar-refractivity contribution in [2.24, 2.45) is 11.7 Å². The molecule has 0 aliphatic carbocycles. The molecule has 0 rings (SSSR count). The van der Waals surface area contributed by atoms with Gasteiger partial charge < -0.3 is 10.8 Å². The Hall–Kier alpha value is -0.570. The number of carbonyl (C=O) groups is 1. The van der Waals surface area contributed by atoms with E-state index in [2.05, 4.69) is 34.6 Å². The number of hydrogen-bond acceptors (Lipinski definition) is 2. The average molecular weight is 259 g/mol. The van der Waals surface area contributed by atoms with Crippen LogP contribution >= 0.6 is 0 Å². The summed E-state index contributed by atoms with van der Waals surface area (Å²) in [5, 5.41) is 8.27. The molecule has 3 heteroatoms. The Labute approximate surface area is 113 Å². The molecule has 1 unspecified atom stereocenters. The highest BCUT2D eigenvalue weighted by atomic mass is 16.4. The molecule has 1 atom stereocenters. The topological polar surface area (TPSA) is 63.3 Å². The minimum atomic E-state index is -0.670. The molecule has 0 aromatic heterocycles. The van der Waals surface area contributed by atoms with Gasteiger partial charge in [0.1, 0.15) is 0 Å². The molecule has 0 aromatic carbocycles. The van der Waals surface area contributed by atoms with Gasteiger partial charge in [0.2, 0.25) is 0 Å². The monoisotopic (exact) mass is 259 g/mol. The summed E-state index contributed by atoms with van der Waals surface area (Å²) in [5.74, 6) is -0.0426. The summed E-state index contributed by atoms with van der Waals surface area (Å²) in [6.45, 7) is 10.6. The lowest BCUT2D eigenvalue weighted by molar-refractivity contribution is -0.137. The van der Waals surface area contributed by atoms with Gasteiger partial charge >= 0.3 is 5.97 Å². The lowest BCUT2D eigenvalue weighted by Gasteiger charge is -2.25. The second kappa shape index (κ2) is 11.5. The van der Waals surface area contributed by atoms with Crippen LogP contribution in [0.2, 0.25) is 0 Å². The van der Waals surface area contributed by atoms with Crippen LogP contribution in [0.15, 0.2) is 0 Å². The van der Waals surface area contributed by atoms with Crippen LogP contribution in [-0.4, -0.2) is 16.6 Å². The van der Waals surface area contributed by atoms with Crippen molar-refractivity contribution in [2.75, 3.05) is 0 Å². The van der Waals surface area contributed by atoms with Gasteiger partial charge in [-0.3, -0.25) is 4.79 Å². The third-order valence-corrected chi connectivity index (χ3v) is 3.38. The number of carboxylic acids is 1.